The van der Waals surface area contributed by atoms with Crippen LogP contribution in [-0.2, 0) is 9.53 Å². The van der Waals surface area contributed by atoms with Gasteiger partial charge in [-0.15, -0.1) is 0 Å². The van der Waals surface area contributed by atoms with Crippen LogP contribution in [0.3, 0.4) is 0 Å². The number of esters is 1. The Labute approximate surface area is 99.3 Å². The predicted molar refractivity (Wildman–Crippen MR) is 68.0 cm³/mol. The quantitative estimate of drug-likeness (QED) is 0.344. The summed E-state index contributed by atoms with van der Waals surface area (Å²) < 4.78 is 5.10. The molecule has 0 aromatic rings. The highest BCUT2D eigenvalue weighted by Gasteiger charge is 2.04. The van der Waals surface area contributed by atoms with Crippen LogP contribution in [0.25, 0.3) is 0 Å². The van der Waals surface area contributed by atoms with E-state index in [1.807, 2.05) is 6.92 Å². The van der Waals surface area contributed by atoms with Crippen LogP contribution in [-0.4, -0.2) is 24.8 Å². The van der Waals surface area contributed by atoms with Crippen LogP contribution in [0.1, 0.15) is 59.3 Å². The first-order valence-corrected chi connectivity index (χ1v) is 6.36. The van der Waals surface area contributed by atoms with Gasteiger partial charge < -0.3 is 4.74 Å². The zero-order valence-corrected chi connectivity index (χ0v) is 10.9. The Morgan fingerprint density at radius 3 is 2.44 bits per heavy atom. The Bertz CT molecular complexity index is 212. The van der Waals surface area contributed by atoms with Crippen molar-refractivity contribution in [2.75, 3.05) is 13.2 Å². The molecule has 0 atom stereocenters. The Morgan fingerprint density at radius 2 is 1.81 bits per heavy atom. The third-order valence-electron chi connectivity index (χ3n) is 2.30. The van der Waals surface area contributed by atoms with Gasteiger partial charge in [-0.25, -0.2) is 0 Å². The summed E-state index contributed by atoms with van der Waals surface area (Å²) in [5.41, 5.74) is 0.883. The molecule has 3 heteroatoms. The van der Waals surface area contributed by atoms with Gasteiger partial charge >= 0.3 is 5.97 Å². The van der Waals surface area contributed by atoms with Crippen LogP contribution in [0.5, 0.6) is 0 Å². The summed E-state index contributed by atoms with van der Waals surface area (Å²) in [6.07, 6.45) is 5.80. The summed E-state index contributed by atoms with van der Waals surface area (Å²) in [6.45, 7) is 7.53. The first kappa shape index (κ1) is 15.1. The number of ether oxygens (including phenoxy) is 1. The van der Waals surface area contributed by atoms with E-state index in [-0.39, 0.29) is 5.97 Å². The number of carbonyl (C=O) groups excluding carboxylic acids is 1. The number of carbonyl (C=O) groups is 1. The maximum atomic E-state index is 11.3. The average Bonchev–Trinajstić information content (AvgIpc) is 2.25. The molecule has 0 aromatic heterocycles. The summed E-state index contributed by atoms with van der Waals surface area (Å²) in [5, 5.41) is 0. The Balaban J connectivity index is 3.57. The first-order valence-electron chi connectivity index (χ1n) is 6.36. The molecule has 0 radical (unpaired) electrons. The number of hydrogen-bond donors (Lipinski definition) is 0. The zero-order valence-electron chi connectivity index (χ0n) is 10.9. The highest BCUT2D eigenvalue weighted by molar-refractivity contribution is 5.97. The van der Waals surface area contributed by atoms with E-state index < -0.39 is 0 Å². The van der Waals surface area contributed by atoms with E-state index in [4.69, 9.17) is 4.74 Å². The van der Waals surface area contributed by atoms with Gasteiger partial charge in [0.05, 0.1) is 13.0 Å². The summed E-state index contributed by atoms with van der Waals surface area (Å²) >= 11 is 0. The Morgan fingerprint density at radius 1 is 1.12 bits per heavy atom. The van der Waals surface area contributed by atoms with Crippen LogP contribution in [0.15, 0.2) is 4.99 Å². The van der Waals surface area contributed by atoms with Crippen LogP contribution >= 0.6 is 0 Å². The van der Waals surface area contributed by atoms with Gasteiger partial charge in [0.25, 0.3) is 0 Å². The molecule has 94 valence electrons. The van der Waals surface area contributed by atoms with Crippen molar-refractivity contribution >= 4 is 11.7 Å². The first-order chi connectivity index (χ1) is 7.70. The smallest absolute Gasteiger partial charge is 0.311 e. The molecule has 0 heterocycles. The summed E-state index contributed by atoms with van der Waals surface area (Å²) in [4.78, 5) is 15.7. The van der Waals surface area contributed by atoms with Crippen LogP contribution < -0.4 is 0 Å². The van der Waals surface area contributed by atoms with E-state index in [2.05, 4.69) is 18.8 Å². The van der Waals surface area contributed by atoms with Gasteiger partial charge in [-0.3, -0.25) is 9.79 Å². The molecule has 0 aliphatic carbocycles. The minimum atomic E-state index is -0.145. The van der Waals surface area contributed by atoms with Crippen molar-refractivity contribution in [1.82, 2.24) is 0 Å². The molecule has 0 bridgehead atoms. The summed E-state index contributed by atoms with van der Waals surface area (Å²) in [5.74, 6) is -0.145. The van der Waals surface area contributed by atoms with Crippen LogP contribution in [0.2, 0.25) is 0 Å². The van der Waals surface area contributed by atoms with Gasteiger partial charge in [0.15, 0.2) is 0 Å². The zero-order chi connectivity index (χ0) is 12.2. The van der Waals surface area contributed by atoms with E-state index in [1.165, 1.54) is 0 Å². The van der Waals surface area contributed by atoms with Gasteiger partial charge in [0, 0.05) is 12.3 Å². The van der Waals surface area contributed by atoms with Gasteiger partial charge in [-0.1, -0.05) is 33.1 Å². The number of rotatable bonds is 9. The normalized spacial score (nSPS) is 11.6. The van der Waals surface area contributed by atoms with Crippen molar-refractivity contribution in [2.45, 2.75) is 59.3 Å². The lowest BCUT2D eigenvalue weighted by atomic mass is 10.2. The maximum absolute atomic E-state index is 11.3. The third-order valence-corrected chi connectivity index (χ3v) is 2.30. The number of aliphatic imine (C=N–C) groups is 1. The van der Waals surface area contributed by atoms with Crippen molar-refractivity contribution in [1.29, 1.82) is 0 Å². The van der Waals surface area contributed by atoms with E-state index in [0.29, 0.717) is 13.0 Å². The highest BCUT2D eigenvalue weighted by Crippen LogP contribution is 1.98. The van der Waals surface area contributed by atoms with Gasteiger partial charge in [-0.05, 0) is 19.8 Å². The molecule has 0 aliphatic rings. The molecule has 0 rings (SSSR count). The van der Waals surface area contributed by atoms with Crippen LogP contribution in [0.4, 0.5) is 0 Å². The minimum absolute atomic E-state index is 0.145. The largest absolute Gasteiger partial charge is 0.465 e. The monoisotopic (exact) mass is 227 g/mol. The molecule has 0 fully saturated rings. The fourth-order valence-corrected chi connectivity index (χ4v) is 1.28. The molecule has 0 saturated carbocycles. The second-order valence-electron chi connectivity index (χ2n) is 4.07. The van der Waals surface area contributed by atoms with Crippen LogP contribution in [0, 0.1) is 0 Å². The Hall–Kier alpha value is -0.860. The lowest BCUT2D eigenvalue weighted by Crippen LogP contribution is -2.10. The number of hydrogen-bond acceptors (Lipinski definition) is 3. The van der Waals surface area contributed by atoms with E-state index >= 15 is 0 Å². The Kier molecular flexibility index (Phi) is 10.1. The number of unbranched alkanes of at least 4 members (excludes halogenated alkanes) is 3. The fourth-order valence-electron chi connectivity index (χ4n) is 1.28. The molecule has 0 unspecified atom stereocenters. The molecule has 16 heavy (non-hydrogen) atoms. The molecule has 0 N–H and O–H groups in total. The molecular weight excluding hydrogens is 202 g/mol. The van der Waals surface area contributed by atoms with E-state index in [0.717, 1.165) is 44.4 Å². The summed E-state index contributed by atoms with van der Waals surface area (Å²) in [6, 6.07) is 0. The second kappa shape index (κ2) is 10.7. The van der Waals surface area contributed by atoms with Crippen molar-refractivity contribution in [3.63, 3.8) is 0 Å². The van der Waals surface area contributed by atoms with Gasteiger partial charge in [0.1, 0.15) is 0 Å². The number of nitrogens with zero attached hydrogens (tertiary/aromatic N) is 1. The molecular formula is C13H25NO2. The average molecular weight is 227 g/mol. The molecule has 0 spiro atoms. The lowest BCUT2D eigenvalue weighted by molar-refractivity contribution is -0.142. The standard InChI is InChI=1S/C13H25NO2/c1-4-6-8-10-16-13(15)11-12(3)14-9-7-5-2/h4-11H2,1-3H3. The lowest BCUT2D eigenvalue weighted by Gasteiger charge is -2.04. The van der Waals surface area contributed by atoms with E-state index in [9.17, 15) is 4.79 Å². The van der Waals surface area contributed by atoms with E-state index in [1.54, 1.807) is 0 Å². The van der Waals surface area contributed by atoms with Crippen molar-refractivity contribution in [3.05, 3.63) is 0 Å². The van der Waals surface area contributed by atoms with Crippen molar-refractivity contribution in [2.24, 2.45) is 4.99 Å². The van der Waals surface area contributed by atoms with Crippen molar-refractivity contribution < 1.29 is 9.53 Å². The maximum Gasteiger partial charge on any atom is 0.311 e. The molecule has 0 aromatic carbocycles. The van der Waals surface area contributed by atoms with Gasteiger partial charge in [-0.2, -0.15) is 0 Å². The third kappa shape index (κ3) is 9.69. The minimum Gasteiger partial charge on any atom is -0.465 e. The summed E-state index contributed by atoms with van der Waals surface area (Å²) in [7, 11) is 0. The van der Waals surface area contributed by atoms with Crippen molar-refractivity contribution in [3.8, 4) is 0 Å². The van der Waals surface area contributed by atoms with Gasteiger partial charge in [0.2, 0.25) is 0 Å². The predicted octanol–water partition coefficient (Wildman–Crippen LogP) is 3.37. The SMILES string of the molecule is CCCCCOC(=O)CC(C)=NCCCC. The highest BCUT2D eigenvalue weighted by atomic mass is 16.5. The molecule has 0 saturated heterocycles. The fraction of sp³-hybridized carbons (Fsp3) is 0.846. The molecule has 0 amide bonds. The second-order valence-corrected chi connectivity index (χ2v) is 4.07. The molecule has 3 nitrogen and oxygen atoms in total. The topological polar surface area (TPSA) is 38.7 Å². The molecule has 0 aliphatic heterocycles.